The van der Waals surface area contributed by atoms with Crippen LogP contribution in [0.15, 0.2) is 25.0 Å². The zero-order valence-electron chi connectivity index (χ0n) is 20.9. The molecule has 1 amide bonds. The number of nitrogens with one attached hydrogen (secondary N) is 1. The van der Waals surface area contributed by atoms with Crippen LogP contribution in [0, 0.1) is 6.92 Å². The Balaban J connectivity index is 1.18. The topological polar surface area (TPSA) is 121 Å². The summed E-state index contributed by atoms with van der Waals surface area (Å²) in [5.41, 5.74) is 3.47. The highest BCUT2D eigenvalue weighted by Crippen LogP contribution is 2.40. The lowest BCUT2D eigenvalue weighted by Gasteiger charge is -2.43. The number of nitrogens with zero attached hydrogens (tertiary/aromatic N) is 6. The molecule has 6 rings (SSSR count). The van der Waals surface area contributed by atoms with E-state index in [2.05, 4.69) is 32.8 Å². The number of hydrogen-bond donors (Lipinski definition) is 1. The Kier molecular flexibility index (Phi) is 6.03. The van der Waals surface area contributed by atoms with Crippen LogP contribution in [0.4, 0.5) is 17.3 Å². The summed E-state index contributed by atoms with van der Waals surface area (Å²) < 4.78 is 30.0. The van der Waals surface area contributed by atoms with Gasteiger partial charge in [0.15, 0.2) is 15.6 Å². The Morgan fingerprint density at radius 1 is 1.19 bits per heavy atom. The van der Waals surface area contributed by atoms with Crippen molar-refractivity contribution in [3.63, 3.8) is 0 Å². The van der Waals surface area contributed by atoms with Crippen LogP contribution in [0.25, 0.3) is 0 Å². The van der Waals surface area contributed by atoms with Gasteiger partial charge in [-0.05, 0) is 25.5 Å². The number of likely N-dealkylation sites (tertiary alicyclic amines) is 2. The quantitative estimate of drug-likeness (QED) is 0.584. The van der Waals surface area contributed by atoms with Crippen molar-refractivity contribution in [2.24, 2.45) is 0 Å². The van der Waals surface area contributed by atoms with E-state index in [-0.39, 0.29) is 24.0 Å². The number of anilines is 3. The molecule has 2 aromatic heterocycles. The maximum atomic E-state index is 11.9. The third-order valence-electron chi connectivity index (χ3n) is 7.84. The normalized spacial score (nSPS) is 23.2. The molecule has 11 nitrogen and oxygen atoms in total. The van der Waals surface area contributed by atoms with Gasteiger partial charge < -0.3 is 19.9 Å². The molecule has 0 aromatic carbocycles. The van der Waals surface area contributed by atoms with Gasteiger partial charge in [-0.3, -0.25) is 14.7 Å². The molecule has 12 heteroatoms. The second-order valence-corrected chi connectivity index (χ2v) is 12.5. The highest BCUT2D eigenvalue weighted by molar-refractivity contribution is 7.91. The molecule has 0 spiro atoms. The summed E-state index contributed by atoms with van der Waals surface area (Å²) in [6, 6.07) is 2.44. The SMILES string of the molecule is C=CC(=O)N1CCC(N2CC(c3cc4c(c(C)n3)OCc3c(ncnc3N3CCS(=O)(=O)CC3)N4)C2)C1. The van der Waals surface area contributed by atoms with Crippen LogP contribution in [-0.4, -0.2) is 95.9 Å². The molecular weight excluding hydrogens is 494 g/mol. The summed E-state index contributed by atoms with van der Waals surface area (Å²) in [5, 5.41) is 3.45. The van der Waals surface area contributed by atoms with Crippen LogP contribution in [0.2, 0.25) is 0 Å². The summed E-state index contributed by atoms with van der Waals surface area (Å²) in [6.45, 7) is 9.99. The van der Waals surface area contributed by atoms with Gasteiger partial charge in [0, 0.05) is 56.9 Å². The lowest BCUT2D eigenvalue weighted by atomic mass is 9.92. The minimum atomic E-state index is -2.99. The van der Waals surface area contributed by atoms with Crippen molar-refractivity contribution in [1.82, 2.24) is 24.8 Å². The van der Waals surface area contributed by atoms with Crippen molar-refractivity contribution >= 4 is 33.1 Å². The molecule has 1 atom stereocenters. The first-order valence-electron chi connectivity index (χ1n) is 12.7. The number of fused-ring (bicyclic) bond motifs is 2. The van der Waals surface area contributed by atoms with Crippen LogP contribution in [-0.2, 0) is 21.2 Å². The summed E-state index contributed by atoms with van der Waals surface area (Å²) in [4.78, 5) is 32.1. The van der Waals surface area contributed by atoms with Crippen molar-refractivity contribution in [2.45, 2.75) is 31.9 Å². The number of sulfone groups is 1. The van der Waals surface area contributed by atoms with E-state index in [4.69, 9.17) is 9.72 Å². The molecule has 4 aliphatic rings. The molecule has 6 heterocycles. The number of rotatable bonds is 4. The fourth-order valence-electron chi connectivity index (χ4n) is 5.65. The molecule has 0 aliphatic carbocycles. The van der Waals surface area contributed by atoms with E-state index in [1.807, 2.05) is 16.7 Å². The van der Waals surface area contributed by atoms with Gasteiger partial charge in [0.2, 0.25) is 5.91 Å². The number of hydrogen-bond acceptors (Lipinski definition) is 10. The maximum absolute atomic E-state index is 11.9. The molecule has 37 heavy (non-hydrogen) atoms. The Bertz CT molecular complexity index is 1350. The van der Waals surface area contributed by atoms with Crippen LogP contribution in [0.5, 0.6) is 5.75 Å². The Hall–Kier alpha value is -3.25. The van der Waals surface area contributed by atoms with Gasteiger partial charge in [-0.1, -0.05) is 6.58 Å². The van der Waals surface area contributed by atoms with Crippen molar-refractivity contribution < 1.29 is 17.9 Å². The van der Waals surface area contributed by atoms with E-state index < -0.39 is 9.84 Å². The van der Waals surface area contributed by atoms with Crippen LogP contribution in [0.1, 0.15) is 29.3 Å². The zero-order valence-corrected chi connectivity index (χ0v) is 21.7. The van der Waals surface area contributed by atoms with Crippen LogP contribution < -0.4 is 15.0 Å². The van der Waals surface area contributed by atoms with Gasteiger partial charge in [-0.2, -0.15) is 0 Å². The lowest BCUT2D eigenvalue weighted by Crippen LogP contribution is -2.52. The van der Waals surface area contributed by atoms with Crippen molar-refractivity contribution in [3.05, 3.63) is 42.0 Å². The maximum Gasteiger partial charge on any atom is 0.246 e. The molecular formula is C25H31N7O4S. The molecule has 0 saturated carbocycles. The highest BCUT2D eigenvalue weighted by atomic mass is 32.2. The molecule has 1 unspecified atom stereocenters. The highest BCUT2D eigenvalue weighted by Gasteiger charge is 2.38. The third kappa shape index (κ3) is 4.52. The summed E-state index contributed by atoms with van der Waals surface area (Å²) in [6.07, 6.45) is 3.89. The zero-order chi connectivity index (χ0) is 25.7. The predicted octanol–water partition coefficient (Wildman–Crippen LogP) is 1.24. The smallest absolute Gasteiger partial charge is 0.246 e. The summed E-state index contributed by atoms with van der Waals surface area (Å²) >= 11 is 0. The minimum absolute atomic E-state index is 0.00580. The third-order valence-corrected chi connectivity index (χ3v) is 9.45. The number of ether oxygens (including phenoxy) is 1. The van der Waals surface area contributed by atoms with Gasteiger partial charge in [-0.25, -0.2) is 18.4 Å². The van der Waals surface area contributed by atoms with Gasteiger partial charge in [0.05, 0.1) is 28.5 Å². The first-order valence-corrected chi connectivity index (χ1v) is 14.5. The van der Waals surface area contributed by atoms with Gasteiger partial charge in [0.1, 0.15) is 24.6 Å². The van der Waals surface area contributed by atoms with E-state index in [0.717, 1.165) is 55.2 Å². The predicted molar refractivity (Wildman–Crippen MR) is 139 cm³/mol. The largest absolute Gasteiger partial charge is 0.485 e. The standard InChI is InChI=1S/C25H31N7O4S/c1-3-22(33)31-5-4-18(13-31)32-11-17(12-32)20-10-21-23(16(2)28-20)36-14-19-24(29-21)26-15-27-25(19)30-6-8-37(34,35)9-7-30/h3,10,15,17-18H,1,4-9,11-14H2,2H3,(H,26,27,29). The monoisotopic (exact) mass is 525 g/mol. The number of pyridine rings is 1. The van der Waals surface area contributed by atoms with Crippen LogP contribution >= 0.6 is 0 Å². The Morgan fingerprint density at radius 3 is 2.73 bits per heavy atom. The molecule has 2 aromatic rings. The van der Waals surface area contributed by atoms with E-state index in [1.54, 1.807) is 0 Å². The molecule has 1 N–H and O–H groups in total. The second kappa shape index (κ2) is 9.25. The van der Waals surface area contributed by atoms with Gasteiger partial charge in [-0.15, -0.1) is 0 Å². The number of aryl methyl sites for hydroxylation is 1. The number of aromatic nitrogens is 3. The molecule has 0 bridgehead atoms. The average Bonchev–Trinajstić information content (AvgIpc) is 3.24. The Labute approximate surface area is 216 Å². The van der Waals surface area contributed by atoms with Crippen molar-refractivity contribution in [2.75, 3.05) is 61.0 Å². The molecule has 3 saturated heterocycles. The van der Waals surface area contributed by atoms with E-state index in [1.165, 1.54) is 12.4 Å². The number of carbonyl (C=O) groups excluding carboxylic acids is 1. The molecule has 3 fully saturated rings. The first-order chi connectivity index (χ1) is 17.8. The average molecular weight is 526 g/mol. The van der Waals surface area contributed by atoms with E-state index in [9.17, 15) is 13.2 Å². The second-order valence-electron chi connectivity index (χ2n) is 10.2. The van der Waals surface area contributed by atoms with E-state index >= 15 is 0 Å². The van der Waals surface area contributed by atoms with Crippen molar-refractivity contribution in [3.8, 4) is 5.75 Å². The van der Waals surface area contributed by atoms with Crippen molar-refractivity contribution in [1.29, 1.82) is 0 Å². The number of amides is 1. The fourth-order valence-corrected chi connectivity index (χ4v) is 6.85. The van der Waals surface area contributed by atoms with Gasteiger partial charge >= 0.3 is 0 Å². The van der Waals surface area contributed by atoms with Gasteiger partial charge in [0.25, 0.3) is 0 Å². The molecule has 196 valence electrons. The molecule has 0 radical (unpaired) electrons. The summed E-state index contributed by atoms with van der Waals surface area (Å²) in [7, 11) is -2.99. The minimum Gasteiger partial charge on any atom is -0.485 e. The molecule has 4 aliphatic heterocycles. The Morgan fingerprint density at radius 2 is 1.97 bits per heavy atom. The van der Waals surface area contributed by atoms with Crippen LogP contribution in [0.3, 0.4) is 0 Å². The van der Waals surface area contributed by atoms with E-state index in [0.29, 0.717) is 42.4 Å². The summed E-state index contributed by atoms with van der Waals surface area (Å²) in [5.74, 6) is 2.63. The first kappa shape index (κ1) is 24.1. The fraction of sp³-hybridized carbons (Fsp3) is 0.520. The lowest BCUT2D eigenvalue weighted by molar-refractivity contribution is -0.125. The number of carbonyl (C=O) groups is 1.